The number of nitrogens with zero attached hydrogens (tertiary/aromatic N) is 2. The van der Waals surface area contributed by atoms with Gasteiger partial charge in [0.1, 0.15) is 22.3 Å². The monoisotopic (exact) mass is 654 g/mol. The first kappa shape index (κ1) is 28.1. The minimum absolute atomic E-state index is 0.853. The van der Waals surface area contributed by atoms with Gasteiger partial charge < -0.3 is 18.6 Å². The lowest BCUT2D eigenvalue weighted by atomic mass is 9.87. The molecule has 0 bridgehead atoms. The summed E-state index contributed by atoms with van der Waals surface area (Å²) in [5, 5.41) is 6.78. The Morgan fingerprint density at radius 1 is 0.353 bits per heavy atom. The van der Waals surface area contributed by atoms with E-state index < -0.39 is 5.66 Å². The van der Waals surface area contributed by atoms with Gasteiger partial charge in [-0.3, -0.25) is 0 Å². The predicted octanol–water partition coefficient (Wildman–Crippen LogP) is 12.8. The zero-order chi connectivity index (χ0) is 33.5. The molecule has 0 aliphatic carbocycles. The number of fused-ring (bicyclic) bond motifs is 9. The first-order chi connectivity index (χ1) is 25.3. The van der Waals surface area contributed by atoms with Crippen molar-refractivity contribution in [2.45, 2.75) is 5.66 Å². The van der Waals surface area contributed by atoms with E-state index in [1.807, 2.05) is 24.3 Å². The third kappa shape index (κ3) is 3.90. The zero-order valence-corrected chi connectivity index (χ0v) is 27.5. The highest BCUT2D eigenvalue weighted by atomic mass is 16.3. The predicted molar refractivity (Wildman–Crippen MR) is 209 cm³/mol. The fourth-order valence-corrected chi connectivity index (χ4v) is 8.47. The SMILES string of the molecule is c1ccc(C2(c3ccccc3)N(c3ccc4c(c3)oc3ccccc34)c3ccc4ccccc4c3N2c2ccc3c(c2)oc2ccccc23)cc1. The summed E-state index contributed by atoms with van der Waals surface area (Å²) in [4.78, 5) is 5.04. The summed E-state index contributed by atoms with van der Waals surface area (Å²) in [5.41, 5.74) is 9.16. The second kappa shape index (κ2) is 10.6. The van der Waals surface area contributed by atoms with Crippen LogP contribution >= 0.6 is 0 Å². The second-order valence-electron chi connectivity index (χ2n) is 13.3. The van der Waals surface area contributed by atoms with E-state index in [0.29, 0.717) is 0 Å². The van der Waals surface area contributed by atoms with E-state index >= 15 is 0 Å². The van der Waals surface area contributed by atoms with Crippen LogP contribution in [0.15, 0.2) is 191 Å². The van der Waals surface area contributed by atoms with Crippen molar-refractivity contribution >= 4 is 77.4 Å². The minimum Gasteiger partial charge on any atom is -0.456 e. The van der Waals surface area contributed by atoms with E-state index in [-0.39, 0.29) is 0 Å². The average molecular weight is 655 g/mol. The smallest absolute Gasteiger partial charge is 0.175 e. The lowest BCUT2D eigenvalue weighted by molar-refractivity contribution is 0.559. The molecular weight excluding hydrogens is 625 g/mol. The van der Waals surface area contributed by atoms with E-state index in [1.165, 1.54) is 10.8 Å². The number of hydrogen-bond acceptors (Lipinski definition) is 4. The molecule has 51 heavy (non-hydrogen) atoms. The molecule has 240 valence electrons. The van der Waals surface area contributed by atoms with Crippen LogP contribution < -0.4 is 9.80 Å². The zero-order valence-electron chi connectivity index (χ0n) is 27.5. The molecule has 11 rings (SSSR count). The van der Waals surface area contributed by atoms with Crippen LogP contribution in [0.5, 0.6) is 0 Å². The van der Waals surface area contributed by atoms with Crippen LogP contribution in [-0.4, -0.2) is 0 Å². The summed E-state index contributed by atoms with van der Waals surface area (Å²) in [6, 6.07) is 64.9. The Balaban J connectivity index is 1.29. The van der Waals surface area contributed by atoms with E-state index in [4.69, 9.17) is 8.83 Å². The maximum atomic E-state index is 6.54. The normalized spacial score (nSPS) is 14.0. The second-order valence-corrected chi connectivity index (χ2v) is 13.3. The highest BCUT2D eigenvalue weighted by Gasteiger charge is 2.54. The van der Waals surface area contributed by atoms with Crippen LogP contribution in [-0.2, 0) is 5.66 Å². The third-order valence-corrected chi connectivity index (χ3v) is 10.6. The van der Waals surface area contributed by atoms with Crippen LogP contribution in [0, 0.1) is 0 Å². The molecule has 10 aromatic rings. The van der Waals surface area contributed by atoms with Crippen molar-refractivity contribution in [3.63, 3.8) is 0 Å². The van der Waals surface area contributed by atoms with Crippen LogP contribution in [0.4, 0.5) is 22.7 Å². The Bertz CT molecular complexity index is 2900. The maximum Gasteiger partial charge on any atom is 0.175 e. The minimum atomic E-state index is -0.853. The van der Waals surface area contributed by atoms with Crippen molar-refractivity contribution in [2.24, 2.45) is 0 Å². The summed E-state index contributed by atoms with van der Waals surface area (Å²) in [7, 11) is 0. The molecule has 0 spiro atoms. The van der Waals surface area contributed by atoms with Crippen molar-refractivity contribution in [3.8, 4) is 0 Å². The van der Waals surface area contributed by atoms with E-state index in [9.17, 15) is 0 Å². The van der Waals surface area contributed by atoms with Crippen molar-refractivity contribution in [2.75, 3.05) is 9.80 Å². The van der Waals surface area contributed by atoms with Gasteiger partial charge in [-0.25, -0.2) is 0 Å². The molecule has 2 aromatic heterocycles. The van der Waals surface area contributed by atoms with Gasteiger partial charge in [0.25, 0.3) is 0 Å². The Hall–Kier alpha value is -6.78. The molecule has 4 heteroatoms. The molecule has 1 aliphatic heterocycles. The number of anilines is 4. The van der Waals surface area contributed by atoms with E-state index in [0.717, 1.165) is 77.8 Å². The van der Waals surface area contributed by atoms with Crippen molar-refractivity contribution in [3.05, 3.63) is 193 Å². The molecule has 0 fully saturated rings. The van der Waals surface area contributed by atoms with Gasteiger partial charge >= 0.3 is 0 Å². The molecule has 0 amide bonds. The molecule has 0 N–H and O–H groups in total. The molecule has 4 nitrogen and oxygen atoms in total. The topological polar surface area (TPSA) is 32.8 Å². The van der Waals surface area contributed by atoms with Crippen LogP contribution in [0.3, 0.4) is 0 Å². The van der Waals surface area contributed by atoms with Gasteiger partial charge in [-0.15, -0.1) is 0 Å². The van der Waals surface area contributed by atoms with Crippen LogP contribution in [0.1, 0.15) is 11.1 Å². The fraction of sp³-hybridized carbons (Fsp3) is 0.0213. The molecule has 0 unspecified atom stereocenters. The lowest BCUT2D eigenvalue weighted by Gasteiger charge is -2.47. The summed E-state index contributed by atoms with van der Waals surface area (Å²) in [5.74, 6) is 0. The molecule has 0 saturated heterocycles. The van der Waals surface area contributed by atoms with Crippen LogP contribution in [0.25, 0.3) is 54.6 Å². The summed E-state index contributed by atoms with van der Waals surface area (Å²) in [6.45, 7) is 0. The Labute approximate surface area is 294 Å². The van der Waals surface area contributed by atoms with Gasteiger partial charge in [-0.2, -0.15) is 0 Å². The quantitative estimate of drug-likeness (QED) is 0.189. The number of furan rings is 2. The van der Waals surface area contributed by atoms with Gasteiger partial charge in [0, 0.05) is 61.6 Å². The number of para-hydroxylation sites is 2. The Kier molecular flexibility index (Phi) is 5.84. The molecule has 0 radical (unpaired) electrons. The Morgan fingerprint density at radius 3 is 1.41 bits per heavy atom. The first-order valence-electron chi connectivity index (χ1n) is 17.3. The average Bonchev–Trinajstić information content (AvgIpc) is 3.86. The van der Waals surface area contributed by atoms with Crippen LogP contribution in [0.2, 0.25) is 0 Å². The fourth-order valence-electron chi connectivity index (χ4n) is 8.47. The summed E-state index contributed by atoms with van der Waals surface area (Å²) >= 11 is 0. The highest BCUT2D eigenvalue weighted by Crippen LogP contribution is 2.61. The number of hydrogen-bond donors (Lipinski definition) is 0. The first-order valence-corrected chi connectivity index (χ1v) is 17.3. The van der Waals surface area contributed by atoms with Crippen molar-refractivity contribution in [1.29, 1.82) is 0 Å². The lowest BCUT2D eigenvalue weighted by Crippen LogP contribution is -2.51. The molecule has 1 aliphatic rings. The van der Waals surface area contributed by atoms with Gasteiger partial charge in [-0.05, 0) is 47.9 Å². The van der Waals surface area contributed by atoms with Crippen molar-refractivity contribution in [1.82, 2.24) is 0 Å². The molecule has 3 heterocycles. The van der Waals surface area contributed by atoms with Gasteiger partial charge in [0.15, 0.2) is 5.66 Å². The molecule has 0 atom stereocenters. The van der Waals surface area contributed by atoms with Gasteiger partial charge in [0.05, 0.1) is 11.4 Å². The van der Waals surface area contributed by atoms with Crippen molar-refractivity contribution < 1.29 is 8.83 Å². The summed E-state index contributed by atoms with van der Waals surface area (Å²) < 4.78 is 13.1. The van der Waals surface area contributed by atoms with E-state index in [2.05, 4.69) is 168 Å². The van der Waals surface area contributed by atoms with Gasteiger partial charge in [-0.1, -0.05) is 127 Å². The molecule has 0 saturated carbocycles. The largest absolute Gasteiger partial charge is 0.456 e. The molecular formula is C47H30N2O2. The highest BCUT2D eigenvalue weighted by molar-refractivity contribution is 6.11. The Morgan fingerprint density at radius 2 is 0.824 bits per heavy atom. The number of rotatable bonds is 4. The maximum absolute atomic E-state index is 6.54. The summed E-state index contributed by atoms with van der Waals surface area (Å²) in [6.07, 6.45) is 0. The third-order valence-electron chi connectivity index (χ3n) is 10.6. The van der Waals surface area contributed by atoms with Gasteiger partial charge in [0.2, 0.25) is 0 Å². The molecule has 8 aromatic carbocycles. The standard InChI is InChI=1S/C47H30N2O2/c1-3-14-32(15-4-1)47(33-16-5-2-6-17-33)48(34-24-26-39-37-19-9-11-21-42(37)50-44(39)29-34)41-28-23-31-13-7-8-18-36(31)46(41)49(47)35-25-27-40-38-20-10-12-22-43(38)51-45(40)30-35/h1-30H. The number of benzene rings is 8. The van der Waals surface area contributed by atoms with E-state index in [1.54, 1.807) is 0 Å².